The van der Waals surface area contributed by atoms with Crippen LogP contribution in [0, 0.1) is 24.4 Å². The summed E-state index contributed by atoms with van der Waals surface area (Å²) in [6.45, 7) is 6.87. The summed E-state index contributed by atoms with van der Waals surface area (Å²) in [6.07, 6.45) is 3.83. The van der Waals surface area contributed by atoms with Gasteiger partial charge in [0.05, 0.1) is 12.2 Å². The van der Waals surface area contributed by atoms with Gasteiger partial charge in [0.2, 0.25) is 5.88 Å². The summed E-state index contributed by atoms with van der Waals surface area (Å²) >= 11 is 0.719. The summed E-state index contributed by atoms with van der Waals surface area (Å²) in [5.74, 6) is -4.87. The Kier molecular flexibility index (Phi) is 11.8. The van der Waals surface area contributed by atoms with E-state index in [1.165, 1.54) is 6.92 Å². The van der Waals surface area contributed by atoms with Gasteiger partial charge in [-0.2, -0.15) is 4.37 Å². The average Bonchev–Trinajstić information content (AvgIpc) is 3.30. The van der Waals surface area contributed by atoms with E-state index in [1.54, 1.807) is 0 Å². The normalized spacial score (nSPS) is 14.4. The first-order valence-electron chi connectivity index (χ1n) is 12.9. The van der Waals surface area contributed by atoms with Crippen molar-refractivity contribution in [2.45, 2.75) is 39.2 Å². The first-order chi connectivity index (χ1) is 18.7. The van der Waals surface area contributed by atoms with Crippen molar-refractivity contribution in [1.82, 2.24) is 19.5 Å². The molecule has 1 aromatic carbocycles. The summed E-state index contributed by atoms with van der Waals surface area (Å²) in [6, 6.07) is 0.277. The number of unbranched alkanes of at least 4 members (excludes halogenated alkanes) is 3. The fraction of sp³-hybridized carbons (Fsp3) is 0.560. The maximum Gasteiger partial charge on any atom is 0.319 e. The molecule has 1 aromatic heterocycles. The molecular weight excluding hydrogens is 537 g/mol. The van der Waals surface area contributed by atoms with Gasteiger partial charge in [-0.15, -0.1) is 0 Å². The number of aliphatic hydroxyl groups is 1. The number of ether oxygens (including phenoxy) is 1. The summed E-state index contributed by atoms with van der Waals surface area (Å²) in [4.78, 5) is 28.9. The van der Waals surface area contributed by atoms with Crippen LogP contribution >= 0.6 is 11.5 Å². The number of carbonyl (C=O) groups excluding carboxylic acids is 2. The number of aromatic nitrogens is 1. The highest BCUT2D eigenvalue weighted by atomic mass is 32.1. The van der Waals surface area contributed by atoms with E-state index in [-0.39, 0.29) is 28.6 Å². The largest absolute Gasteiger partial charge is 0.471 e. The average molecular weight is 573 g/mol. The van der Waals surface area contributed by atoms with Gasteiger partial charge in [0.15, 0.2) is 11.6 Å². The van der Waals surface area contributed by atoms with Gasteiger partial charge >= 0.3 is 6.03 Å². The number of hydrogen-bond acceptors (Lipinski definition) is 8. The quantitative estimate of drug-likeness (QED) is 0.202. The fourth-order valence-electron chi connectivity index (χ4n) is 4.24. The van der Waals surface area contributed by atoms with Crippen molar-refractivity contribution >= 4 is 28.5 Å². The lowest BCUT2D eigenvalue weighted by Gasteiger charge is -2.34. The van der Waals surface area contributed by atoms with Gasteiger partial charge in [0.1, 0.15) is 23.0 Å². The number of urea groups is 1. The Balaban J connectivity index is 1.39. The van der Waals surface area contributed by atoms with Crippen molar-refractivity contribution in [3.05, 3.63) is 40.2 Å². The Morgan fingerprint density at radius 3 is 2.41 bits per heavy atom. The first kappa shape index (κ1) is 30.6. The number of hydrogen-bond donors (Lipinski definition) is 4. The SMILES string of the molecule is Cc1cc(F)c(COc2nsc(NC(=O)NCCCCCCN3CCN(CCO)CC3)c2C(N)=O)c(F)c1F. The summed E-state index contributed by atoms with van der Waals surface area (Å²) in [7, 11) is 0. The number of nitrogens with zero attached hydrogens (tertiary/aromatic N) is 3. The molecule has 2 aromatic rings. The Morgan fingerprint density at radius 1 is 1.08 bits per heavy atom. The van der Waals surface area contributed by atoms with Crippen molar-refractivity contribution in [1.29, 1.82) is 0 Å². The van der Waals surface area contributed by atoms with Gasteiger partial charge in [-0.05, 0) is 49.5 Å². The van der Waals surface area contributed by atoms with Crippen molar-refractivity contribution in [2.75, 3.05) is 57.7 Å². The van der Waals surface area contributed by atoms with Crippen LogP contribution in [0.25, 0.3) is 0 Å². The molecule has 10 nitrogen and oxygen atoms in total. The number of nitrogens with one attached hydrogen (secondary N) is 2. The molecule has 14 heteroatoms. The van der Waals surface area contributed by atoms with E-state index in [0.29, 0.717) is 6.54 Å². The third-order valence-electron chi connectivity index (χ3n) is 6.49. The van der Waals surface area contributed by atoms with Crippen LogP contribution < -0.4 is 21.1 Å². The minimum absolute atomic E-state index is 0.0186. The highest BCUT2D eigenvalue weighted by Crippen LogP contribution is 2.31. The minimum Gasteiger partial charge on any atom is -0.471 e. The Morgan fingerprint density at radius 2 is 1.74 bits per heavy atom. The van der Waals surface area contributed by atoms with E-state index < -0.39 is 41.6 Å². The molecule has 216 valence electrons. The lowest BCUT2D eigenvalue weighted by Crippen LogP contribution is -2.47. The second-order valence-corrected chi connectivity index (χ2v) is 10.1. The number of piperazine rings is 1. The second kappa shape index (κ2) is 15.0. The zero-order valence-corrected chi connectivity index (χ0v) is 22.7. The van der Waals surface area contributed by atoms with Crippen LogP contribution in [0.15, 0.2) is 6.07 Å². The number of carbonyl (C=O) groups is 2. The number of rotatable bonds is 14. The topological polar surface area (TPSA) is 133 Å². The molecule has 0 unspecified atom stereocenters. The predicted molar refractivity (Wildman–Crippen MR) is 141 cm³/mol. The summed E-state index contributed by atoms with van der Waals surface area (Å²) in [5, 5.41) is 14.2. The van der Waals surface area contributed by atoms with Crippen LogP contribution in [-0.2, 0) is 6.61 Å². The number of amides is 3. The van der Waals surface area contributed by atoms with Crippen LogP contribution in [0.4, 0.5) is 23.0 Å². The van der Waals surface area contributed by atoms with E-state index in [0.717, 1.165) is 82.6 Å². The third-order valence-corrected chi connectivity index (χ3v) is 7.24. The Hall–Kier alpha value is -2.94. The lowest BCUT2D eigenvalue weighted by atomic mass is 10.1. The number of benzene rings is 1. The first-order valence-corrected chi connectivity index (χ1v) is 13.6. The summed E-state index contributed by atoms with van der Waals surface area (Å²) in [5.41, 5.74) is 4.30. The monoisotopic (exact) mass is 572 g/mol. The van der Waals surface area contributed by atoms with Gasteiger partial charge < -0.3 is 25.8 Å². The van der Waals surface area contributed by atoms with E-state index >= 15 is 0 Å². The van der Waals surface area contributed by atoms with Crippen molar-refractivity contribution < 1.29 is 32.6 Å². The number of β-amino-alcohol motifs (C(OH)–C–C–N with tert-alkyl or cyclic N) is 1. The van der Waals surface area contributed by atoms with Crippen LogP contribution in [0.1, 0.15) is 47.2 Å². The molecule has 0 atom stereocenters. The second-order valence-electron chi connectivity index (χ2n) is 9.33. The molecule has 1 aliphatic heterocycles. The van der Waals surface area contributed by atoms with E-state index in [2.05, 4.69) is 24.8 Å². The van der Waals surface area contributed by atoms with E-state index in [1.807, 2.05) is 0 Å². The zero-order chi connectivity index (χ0) is 28.4. The minimum atomic E-state index is -1.39. The van der Waals surface area contributed by atoms with Gasteiger partial charge in [-0.25, -0.2) is 18.0 Å². The molecule has 5 N–H and O–H groups in total. The van der Waals surface area contributed by atoms with Crippen LogP contribution in [0.3, 0.4) is 0 Å². The third kappa shape index (κ3) is 8.78. The van der Waals surface area contributed by atoms with E-state index in [4.69, 9.17) is 15.6 Å². The molecule has 1 fully saturated rings. The van der Waals surface area contributed by atoms with Crippen LogP contribution in [0.5, 0.6) is 5.88 Å². The lowest BCUT2D eigenvalue weighted by molar-refractivity contribution is 0.0996. The molecule has 0 aliphatic carbocycles. The van der Waals surface area contributed by atoms with Crippen molar-refractivity contribution in [3.8, 4) is 5.88 Å². The highest BCUT2D eigenvalue weighted by molar-refractivity contribution is 7.11. The maximum absolute atomic E-state index is 14.1. The molecule has 2 heterocycles. The van der Waals surface area contributed by atoms with Crippen LogP contribution in [0.2, 0.25) is 0 Å². The molecule has 0 spiro atoms. The smallest absolute Gasteiger partial charge is 0.319 e. The fourth-order valence-corrected chi connectivity index (χ4v) is 4.98. The molecule has 0 bridgehead atoms. The molecule has 0 radical (unpaired) electrons. The predicted octanol–water partition coefficient (Wildman–Crippen LogP) is 2.84. The molecule has 39 heavy (non-hydrogen) atoms. The van der Waals surface area contributed by atoms with Gasteiger partial charge in [-0.3, -0.25) is 15.0 Å². The van der Waals surface area contributed by atoms with Gasteiger partial charge in [0.25, 0.3) is 5.91 Å². The van der Waals surface area contributed by atoms with Gasteiger partial charge in [0, 0.05) is 39.3 Å². The number of aryl methyl sites for hydroxylation is 1. The Bertz CT molecular complexity index is 1130. The summed E-state index contributed by atoms with van der Waals surface area (Å²) < 4.78 is 51.2. The van der Waals surface area contributed by atoms with Crippen molar-refractivity contribution in [2.24, 2.45) is 5.73 Å². The van der Waals surface area contributed by atoms with Crippen LogP contribution in [-0.4, -0.2) is 83.6 Å². The number of anilines is 1. The molecule has 1 saturated heterocycles. The zero-order valence-electron chi connectivity index (χ0n) is 21.9. The number of nitrogens with two attached hydrogens (primary N) is 1. The number of aliphatic hydroxyl groups excluding tert-OH is 1. The van der Waals surface area contributed by atoms with E-state index in [9.17, 15) is 22.8 Å². The van der Waals surface area contributed by atoms with Crippen molar-refractivity contribution in [3.63, 3.8) is 0 Å². The molecule has 3 rings (SSSR count). The maximum atomic E-state index is 14.1. The molecular formula is C25H35F3N6O4S. The molecule has 3 amide bonds. The molecule has 1 aliphatic rings. The highest BCUT2D eigenvalue weighted by Gasteiger charge is 2.24. The molecule has 0 saturated carbocycles. The Labute approximate surface area is 229 Å². The standard InChI is InChI=1S/C25H35F3N6O4S/c1-16-14-18(26)17(21(28)20(16)27)15-38-23-19(22(29)36)24(39-32-23)31-25(37)30-6-4-2-3-5-7-33-8-10-34(11-9-33)12-13-35/h14,35H,2-13,15H2,1H3,(H2,29,36)(H2,30,31,37). The number of primary amides is 1. The van der Waals surface area contributed by atoms with Gasteiger partial charge in [-0.1, -0.05) is 12.8 Å². The number of halogens is 3.